The molecule has 1 aromatic rings. The van der Waals surface area contributed by atoms with Gasteiger partial charge in [0, 0.05) is 11.1 Å². The van der Waals surface area contributed by atoms with Crippen molar-refractivity contribution in [1.29, 1.82) is 0 Å². The Morgan fingerprint density at radius 3 is 2.48 bits per heavy atom. The Morgan fingerprint density at radius 2 is 1.90 bits per heavy atom. The summed E-state index contributed by atoms with van der Waals surface area (Å²) in [5, 5.41) is 13.4. The van der Waals surface area contributed by atoms with Gasteiger partial charge in [0.2, 0.25) is 0 Å². The number of nitrogens with one attached hydrogen (secondary N) is 1. The van der Waals surface area contributed by atoms with Crippen molar-refractivity contribution in [2.75, 3.05) is 6.54 Å². The fourth-order valence-electron chi connectivity index (χ4n) is 3.03. The van der Waals surface area contributed by atoms with Crippen LogP contribution >= 0.6 is 11.6 Å². The minimum absolute atomic E-state index is 0.118. The SMILES string of the molecule is CC(Cc1ccc(Cl)cc1)NCC1CCC(C(=O)O)CC1. The topological polar surface area (TPSA) is 49.3 Å². The number of rotatable bonds is 6. The number of aliphatic carboxylic acids is 1. The fraction of sp³-hybridized carbons (Fsp3) is 0.588. The molecular weight excluding hydrogens is 286 g/mol. The van der Waals surface area contributed by atoms with Gasteiger partial charge in [-0.15, -0.1) is 0 Å². The predicted octanol–water partition coefficient (Wildman–Crippen LogP) is 3.75. The van der Waals surface area contributed by atoms with Crippen molar-refractivity contribution in [3.05, 3.63) is 34.9 Å². The first-order chi connectivity index (χ1) is 10.0. The molecule has 1 aliphatic carbocycles. The second-order valence-electron chi connectivity index (χ2n) is 6.20. The summed E-state index contributed by atoms with van der Waals surface area (Å²) in [5.74, 6) is -0.126. The first kappa shape index (κ1) is 16.3. The number of halogens is 1. The van der Waals surface area contributed by atoms with Crippen LogP contribution in [0.4, 0.5) is 0 Å². The molecule has 1 atom stereocenters. The molecular formula is C17H24ClNO2. The van der Waals surface area contributed by atoms with Crippen molar-refractivity contribution >= 4 is 17.6 Å². The van der Waals surface area contributed by atoms with E-state index in [2.05, 4.69) is 24.4 Å². The van der Waals surface area contributed by atoms with E-state index in [1.807, 2.05) is 12.1 Å². The quantitative estimate of drug-likeness (QED) is 0.841. The largest absolute Gasteiger partial charge is 0.481 e. The fourth-order valence-corrected chi connectivity index (χ4v) is 3.15. The molecule has 1 aromatic carbocycles. The molecule has 2 N–H and O–H groups in total. The summed E-state index contributed by atoms with van der Waals surface area (Å²) < 4.78 is 0. The van der Waals surface area contributed by atoms with Gasteiger partial charge in [0.05, 0.1) is 5.92 Å². The molecule has 0 heterocycles. The van der Waals surface area contributed by atoms with Crippen molar-refractivity contribution in [2.45, 2.75) is 45.1 Å². The molecule has 1 unspecified atom stereocenters. The summed E-state index contributed by atoms with van der Waals surface area (Å²) >= 11 is 5.89. The van der Waals surface area contributed by atoms with Crippen molar-refractivity contribution in [3.63, 3.8) is 0 Å². The summed E-state index contributed by atoms with van der Waals surface area (Å²) in [7, 11) is 0. The van der Waals surface area contributed by atoms with Gasteiger partial charge in [-0.25, -0.2) is 0 Å². The Bertz CT molecular complexity index is 452. The highest BCUT2D eigenvalue weighted by atomic mass is 35.5. The van der Waals surface area contributed by atoms with Gasteiger partial charge in [-0.05, 0) is 69.2 Å². The lowest BCUT2D eigenvalue weighted by molar-refractivity contribution is -0.143. The smallest absolute Gasteiger partial charge is 0.306 e. The molecule has 0 radical (unpaired) electrons. The molecule has 116 valence electrons. The zero-order valence-corrected chi connectivity index (χ0v) is 13.3. The van der Waals surface area contributed by atoms with E-state index in [1.165, 1.54) is 5.56 Å². The molecule has 0 aromatic heterocycles. The van der Waals surface area contributed by atoms with E-state index in [0.29, 0.717) is 12.0 Å². The molecule has 2 rings (SSSR count). The van der Waals surface area contributed by atoms with E-state index in [-0.39, 0.29) is 5.92 Å². The Hall–Kier alpha value is -1.06. The van der Waals surface area contributed by atoms with Crippen LogP contribution in [-0.4, -0.2) is 23.7 Å². The van der Waals surface area contributed by atoms with Crippen LogP contribution in [0.1, 0.15) is 38.2 Å². The zero-order chi connectivity index (χ0) is 15.2. The number of carboxylic acids is 1. The minimum atomic E-state index is -0.627. The Balaban J connectivity index is 1.68. The molecule has 4 heteroatoms. The predicted molar refractivity (Wildman–Crippen MR) is 85.7 cm³/mol. The average molecular weight is 310 g/mol. The Kier molecular flexibility index (Phi) is 6.07. The van der Waals surface area contributed by atoms with E-state index in [9.17, 15) is 4.79 Å². The maximum atomic E-state index is 10.9. The molecule has 21 heavy (non-hydrogen) atoms. The Labute approximate surface area is 131 Å². The molecule has 1 fully saturated rings. The standard InChI is InChI=1S/C17H24ClNO2/c1-12(10-13-4-8-16(18)9-5-13)19-11-14-2-6-15(7-3-14)17(20)21/h4-5,8-9,12,14-15,19H,2-3,6-7,10-11H2,1H3,(H,20,21). The van der Waals surface area contributed by atoms with Crippen LogP contribution in [-0.2, 0) is 11.2 Å². The van der Waals surface area contributed by atoms with E-state index in [1.54, 1.807) is 0 Å². The molecule has 0 saturated heterocycles. The maximum Gasteiger partial charge on any atom is 0.306 e. The highest BCUT2D eigenvalue weighted by Crippen LogP contribution is 2.28. The Morgan fingerprint density at radius 1 is 1.29 bits per heavy atom. The van der Waals surface area contributed by atoms with Gasteiger partial charge in [0.25, 0.3) is 0 Å². The van der Waals surface area contributed by atoms with Gasteiger partial charge in [-0.1, -0.05) is 23.7 Å². The van der Waals surface area contributed by atoms with Crippen LogP contribution in [0.25, 0.3) is 0 Å². The molecule has 0 spiro atoms. The average Bonchev–Trinajstić information content (AvgIpc) is 2.48. The molecule has 0 amide bonds. The molecule has 3 nitrogen and oxygen atoms in total. The van der Waals surface area contributed by atoms with Gasteiger partial charge >= 0.3 is 5.97 Å². The third-order valence-electron chi connectivity index (χ3n) is 4.41. The third kappa shape index (κ3) is 5.33. The number of carbonyl (C=O) groups is 1. The molecule has 1 saturated carbocycles. The van der Waals surface area contributed by atoms with Gasteiger partial charge in [0.15, 0.2) is 0 Å². The zero-order valence-electron chi connectivity index (χ0n) is 12.5. The van der Waals surface area contributed by atoms with Crippen LogP contribution in [0.3, 0.4) is 0 Å². The molecule has 1 aliphatic rings. The lowest BCUT2D eigenvalue weighted by Gasteiger charge is -2.27. The van der Waals surface area contributed by atoms with Crippen molar-refractivity contribution in [2.24, 2.45) is 11.8 Å². The lowest BCUT2D eigenvalue weighted by Crippen LogP contribution is -2.34. The minimum Gasteiger partial charge on any atom is -0.481 e. The summed E-state index contributed by atoms with van der Waals surface area (Å²) in [4.78, 5) is 10.9. The van der Waals surface area contributed by atoms with Crippen LogP contribution in [0.15, 0.2) is 24.3 Å². The van der Waals surface area contributed by atoms with Crippen molar-refractivity contribution in [1.82, 2.24) is 5.32 Å². The second kappa shape index (κ2) is 7.81. The van der Waals surface area contributed by atoms with E-state index in [0.717, 1.165) is 43.7 Å². The first-order valence-corrected chi connectivity index (χ1v) is 8.13. The van der Waals surface area contributed by atoms with E-state index < -0.39 is 5.97 Å². The van der Waals surface area contributed by atoms with Crippen LogP contribution in [0, 0.1) is 11.8 Å². The van der Waals surface area contributed by atoms with Crippen LogP contribution < -0.4 is 5.32 Å². The maximum absolute atomic E-state index is 10.9. The first-order valence-electron chi connectivity index (χ1n) is 7.75. The summed E-state index contributed by atoms with van der Waals surface area (Å²) in [5.41, 5.74) is 1.29. The van der Waals surface area contributed by atoms with E-state index >= 15 is 0 Å². The summed E-state index contributed by atoms with van der Waals surface area (Å²) in [6.45, 7) is 3.18. The third-order valence-corrected chi connectivity index (χ3v) is 4.66. The lowest BCUT2D eigenvalue weighted by atomic mass is 9.82. The number of carboxylic acid groups (broad SMARTS) is 1. The monoisotopic (exact) mass is 309 g/mol. The number of hydrogen-bond donors (Lipinski definition) is 2. The second-order valence-corrected chi connectivity index (χ2v) is 6.63. The highest BCUT2D eigenvalue weighted by molar-refractivity contribution is 6.30. The van der Waals surface area contributed by atoms with Crippen LogP contribution in [0.5, 0.6) is 0 Å². The number of hydrogen-bond acceptors (Lipinski definition) is 2. The van der Waals surface area contributed by atoms with Crippen molar-refractivity contribution in [3.8, 4) is 0 Å². The van der Waals surface area contributed by atoms with Gasteiger partial charge in [-0.3, -0.25) is 4.79 Å². The van der Waals surface area contributed by atoms with E-state index in [4.69, 9.17) is 16.7 Å². The molecule has 0 bridgehead atoms. The van der Waals surface area contributed by atoms with Gasteiger partial charge < -0.3 is 10.4 Å². The molecule has 0 aliphatic heterocycles. The van der Waals surface area contributed by atoms with Gasteiger partial charge in [0.1, 0.15) is 0 Å². The highest BCUT2D eigenvalue weighted by Gasteiger charge is 2.25. The summed E-state index contributed by atoms with van der Waals surface area (Å²) in [6, 6.07) is 8.41. The summed E-state index contributed by atoms with van der Waals surface area (Å²) in [6.07, 6.45) is 4.69. The van der Waals surface area contributed by atoms with Crippen LogP contribution in [0.2, 0.25) is 5.02 Å². The van der Waals surface area contributed by atoms with Gasteiger partial charge in [-0.2, -0.15) is 0 Å². The normalized spacial score (nSPS) is 23.7. The number of benzene rings is 1. The van der Waals surface area contributed by atoms with Crippen molar-refractivity contribution < 1.29 is 9.90 Å².